The summed E-state index contributed by atoms with van der Waals surface area (Å²) in [6.07, 6.45) is 15.1. The Kier molecular flexibility index (Phi) is 18.9. The third kappa shape index (κ3) is 12.1. The quantitative estimate of drug-likeness (QED) is 0.0513. The third-order valence-electron chi connectivity index (χ3n) is 12.0. The number of hydrogen-bond donors (Lipinski definition) is 2. The molecule has 0 aromatic carbocycles. The maximum Gasteiger partial charge on any atom is 2.00 e. The Morgan fingerprint density at radius 1 is 0.400 bits per heavy atom. The van der Waals surface area contributed by atoms with Crippen LogP contribution in [-0.4, -0.2) is 81.2 Å². The topological polar surface area (TPSA) is 240 Å². The van der Waals surface area contributed by atoms with Gasteiger partial charge in [-0.15, -0.1) is 0 Å². The Morgan fingerprint density at radius 3 is 0.840 bits per heavy atom. The second-order valence-electron chi connectivity index (χ2n) is 16.6. The molecule has 384 valence electrons. The first-order valence-corrected chi connectivity index (χ1v) is 23.9. The van der Waals surface area contributed by atoms with Crippen LogP contribution in [0.1, 0.15) is 50.5 Å². The molecule has 0 spiro atoms. The van der Waals surface area contributed by atoms with Crippen molar-refractivity contribution in [1.82, 2.24) is 19.9 Å². The van der Waals surface area contributed by atoms with Gasteiger partial charge in [0.05, 0.1) is 93.5 Å². The minimum atomic E-state index is -0.400. The fourth-order valence-corrected chi connectivity index (χ4v) is 9.03. The van der Waals surface area contributed by atoms with Gasteiger partial charge in [0.2, 0.25) is 49.0 Å². The van der Waals surface area contributed by atoms with Crippen LogP contribution in [0.4, 0.5) is 0 Å². The first kappa shape index (κ1) is 55.8. The number of aromatic nitrogens is 8. The molecule has 8 bridgehead atoms. The van der Waals surface area contributed by atoms with E-state index >= 15 is 0 Å². The van der Waals surface area contributed by atoms with Crippen molar-refractivity contribution in [2.75, 3.05) is 26.4 Å². The maximum atomic E-state index is 13.2. The van der Waals surface area contributed by atoms with E-state index in [9.17, 15) is 19.2 Å². The number of nitrogens with zero attached hydrogens (tertiary/aromatic N) is 6. The van der Waals surface area contributed by atoms with E-state index in [1.165, 1.54) is 0 Å². The molecule has 7 aromatic heterocycles. The van der Waals surface area contributed by atoms with Gasteiger partial charge in [0.1, 0.15) is 0 Å². The number of ether oxygens (including phenoxy) is 4. The molecule has 75 heavy (non-hydrogen) atoms. The summed E-state index contributed by atoms with van der Waals surface area (Å²) in [6, 6.07) is 30.7. The fraction of sp³-hybridized carbons (Fsp3) is 0.214. The Hall–Kier alpha value is -8.48. The first-order valence-electron chi connectivity index (χ1n) is 23.9. The molecule has 9 rings (SSSR count). The number of fused-ring (bicyclic) bond motifs is 8. The molecule has 0 amide bonds. The molecule has 18 nitrogen and oxygen atoms in total. The first-order chi connectivity index (χ1) is 35.2. The van der Waals surface area contributed by atoms with E-state index < -0.39 is 23.9 Å². The van der Waals surface area contributed by atoms with Gasteiger partial charge >= 0.3 is 40.9 Å². The van der Waals surface area contributed by atoms with Crippen molar-refractivity contribution in [2.45, 2.75) is 53.9 Å². The van der Waals surface area contributed by atoms with Crippen molar-refractivity contribution in [3.05, 3.63) is 145 Å². The zero-order valence-electron chi connectivity index (χ0n) is 41.8. The molecule has 0 radical (unpaired) electrons. The van der Waals surface area contributed by atoms with Crippen LogP contribution in [0, 0.1) is 0 Å². The zero-order valence-corrected chi connectivity index (χ0v) is 42.9. The summed E-state index contributed by atoms with van der Waals surface area (Å²) in [5.41, 5.74) is 10.4. The van der Waals surface area contributed by atoms with Gasteiger partial charge in [-0.25, -0.2) is 29.1 Å². The van der Waals surface area contributed by atoms with Gasteiger partial charge < -0.3 is 39.9 Å². The van der Waals surface area contributed by atoms with Crippen molar-refractivity contribution < 1.29 is 84.4 Å². The van der Waals surface area contributed by atoms with Crippen molar-refractivity contribution in [3.63, 3.8) is 0 Å². The SMILES string of the molecule is CCOC(=O)C[n+]1ccccc1-c1c2nc(c(-c3cccc[n+]3CC(=O)OCC)c3ccc([nH]3)c(-c3cccc[n+]3CC(=O)OCC)c3nc(c(-c4cccc[n+]4CC(=O)OCC)c4ccc1[nH]4)C=C3)C=C2.O.[Fe+2].[OH-]. The van der Waals surface area contributed by atoms with Crippen LogP contribution in [0.5, 0.6) is 0 Å². The Balaban J connectivity index is 0.00000305. The van der Waals surface area contributed by atoms with E-state index in [-0.39, 0.29) is 80.6 Å². The molecular formula is C56H57FeN8O10+5. The van der Waals surface area contributed by atoms with Crippen LogP contribution in [0.15, 0.2) is 122 Å². The molecular weight excluding hydrogens is 1000 g/mol. The molecule has 0 saturated heterocycles. The maximum absolute atomic E-state index is 13.2. The van der Waals surface area contributed by atoms with Crippen LogP contribution < -0.4 is 18.3 Å². The summed E-state index contributed by atoms with van der Waals surface area (Å²) in [4.78, 5) is 71.0. The van der Waals surface area contributed by atoms with E-state index in [2.05, 4.69) is 9.97 Å². The van der Waals surface area contributed by atoms with E-state index in [1.54, 1.807) is 27.7 Å². The van der Waals surface area contributed by atoms with Crippen LogP contribution >= 0.6 is 0 Å². The van der Waals surface area contributed by atoms with Gasteiger partial charge in [0.15, 0.2) is 24.8 Å². The molecule has 9 heterocycles. The van der Waals surface area contributed by atoms with Crippen LogP contribution in [-0.2, 0) is 81.4 Å². The van der Waals surface area contributed by atoms with Crippen LogP contribution in [0.25, 0.3) is 91.4 Å². The smallest absolute Gasteiger partial charge is 0.870 e. The molecule has 19 heteroatoms. The van der Waals surface area contributed by atoms with Crippen molar-refractivity contribution in [2.24, 2.45) is 0 Å². The van der Waals surface area contributed by atoms with Crippen molar-refractivity contribution in [3.8, 4) is 45.0 Å². The van der Waals surface area contributed by atoms with E-state index in [0.29, 0.717) is 89.9 Å². The van der Waals surface area contributed by atoms with Crippen LogP contribution in [0.3, 0.4) is 0 Å². The monoisotopic (exact) mass is 1060 g/mol. The van der Waals surface area contributed by atoms with Gasteiger partial charge in [0.25, 0.3) is 0 Å². The summed E-state index contributed by atoms with van der Waals surface area (Å²) in [7, 11) is 0. The number of hydrogen-bond acceptors (Lipinski definition) is 11. The van der Waals surface area contributed by atoms with Gasteiger partial charge in [-0.2, -0.15) is 18.3 Å². The number of pyridine rings is 4. The summed E-state index contributed by atoms with van der Waals surface area (Å²) < 4.78 is 29.1. The minimum absolute atomic E-state index is 0. The molecule has 7 aromatic rings. The standard InChI is InChI=1S/C56H53N8O8.Fe.2H2O/c1-5-69-49(65)33-61-29-13-9-17-45(61)53-37-21-23-39(57-37)54(46-18-10-14-30-62(46)34-50(66)70-6-2)41-25-27-43(59-41)56(48-20-12-16-32-64(48)36-52(68)72-8-4)44-28-26-42(60-44)55(40-24-22-38(53)58-40)47-19-11-15-31-63(47)35-51(67)71-7-3;;;/h9-32H,5-8,33-36H2,1-4H3,(H,57,58,59,60);;2*1H2/q+3;+2;;. The molecule has 0 fully saturated rings. The molecule has 0 unspecified atom stereocenters. The molecule has 0 aliphatic carbocycles. The summed E-state index contributed by atoms with van der Waals surface area (Å²) in [5, 5.41) is 0. The van der Waals surface area contributed by atoms with E-state index in [0.717, 1.165) is 0 Å². The molecule has 2 aliphatic heterocycles. The summed E-state index contributed by atoms with van der Waals surface area (Å²) in [5.74, 6) is -1.60. The second-order valence-corrected chi connectivity index (χ2v) is 16.6. The average molecular weight is 1060 g/mol. The number of rotatable bonds is 16. The Labute approximate surface area is 442 Å². The summed E-state index contributed by atoms with van der Waals surface area (Å²) in [6.45, 7) is 7.74. The Morgan fingerprint density at radius 2 is 0.627 bits per heavy atom. The largest absolute Gasteiger partial charge is 2.00 e. The number of nitrogens with one attached hydrogen (secondary N) is 2. The van der Waals surface area contributed by atoms with Gasteiger partial charge in [0, 0.05) is 48.5 Å². The molecule has 5 N–H and O–H groups in total. The van der Waals surface area contributed by atoms with E-state index in [4.69, 9.17) is 28.9 Å². The predicted molar refractivity (Wildman–Crippen MR) is 273 cm³/mol. The van der Waals surface area contributed by atoms with E-state index in [1.807, 2.05) is 164 Å². The second kappa shape index (κ2) is 25.5. The average Bonchev–Trinajstić information content (AvgIpc) is 4.23. The summed E-state index contributed by atoms with van der Waals surface area (Å²) >= 11 is 0. The van der Waals surface area contributed by atoms with Crippen molar-refractivity contribution in [1.29, 1.82) is 0 Å². The molecule has 2 aliphatic rings. The predicted octanol–water partition coefficient (Wildman–Crippen LogP) is 5.72. The van der Waals surface area contributed by atoms with Gasteiger partial charge in [-0.3, -0.25) is 0 Å². The van der Waals surface area contributed by atoms with Crippen LogP contribution in [0.2, 0.25) is 0 Å². The number of esters is 4. The fourth-order valence-electron chi connectivity index (χ4n) is 9.03. The Bertz CT molecular complexity index is 3050. The number of carbonyl (C=O) groups is 4. The van der Waals surface area contributed by atoms with Crippen molar-refractivity contribution >= 4 is 70.2 Å². The molecule has 0 saturated carbocycles. The number of H-pyrrole nitrogens is 2. The zero-order chi connectivity index (χ0) is 50.1. The minimum Gasteiger partial charge on any atom is -0.870 e. The molecule has 0 atom stereocenters. The number of carbonyl (C=O) groups excluding carboxylic acids is 4. The van der Waals surface area contributed by atoms with Gasteiger partial charge in [-0.05, 0) is 101 Å². The number of aromatic amines is 2. The third-order valence-corrected chi connectivity index (χ3v) is 12.0. The normalized spacial score (nSPS) is 11.1. The van der Waals surface area contributed by atoms with Gasteiger partial charge in [-0.1, -0.05) is 0 Å².